The van der Waals surface area contributed by atoms with E-state index < -0.39 is 0 Å². The largest absolute Gasteiger partial charge is 0.455 e. The summed E-state index contributed by atoms with van der Waals surface area (Å²) in [6, 6.07) is 20.8. The Bertz CT molecular complexity index is 1470. The number of anilines is 2. The quantitative estimate of drug-likeness (QED) is 0.409. The lowest BCUT2D eigenvalue weighted by atomic mass is 10.0. The molecule has 2 heterocycles. The minimum absolute atomic E-state index is 0.131. The van der Waals surface area contributed by atoms with E-state index in [0.29, 0.717) is 27.9 Å². The van der Waals surface area contributed by atoms with E-state index in [-0.39, 0.29) is 11.3 Å². The van der Waals surface area contributed by atoms with Crippen LogP contribution >= 0.6 is 0 Å². The molecule has 1 N–H and O–H groups in total. The van der Waals surface area contributed by atoms with E-state index in [0.717, 1.165) is 49.5 Å². The molecule has 0 atom stereocenters. The second-order valence-corrected chi connectivity index (χ2v) is 9.31. The SMILES string of the molecule is CCN1CCN(c2ccc(NC(=O)c3cccc4c(=O)c(C)c(-c5ccccc5)oc34)c(C)c2)CC1. The molecule has 0 aliphatic carbocycles. The van der Waals surface area contributed by atoms with Crippen molar-refractivity contribution in [3.05, 3.63) is 93.6 Å². The van der Waals surface area contributed by atoms with E-state index in [1.807, 2.05) is 43.3 Å². The first-order chi connectivity index (χ1) is 17.5. The number of piperazine rings is 1. The van der Waals surface area contributed by atoms with Gasteiger partial charge in [0, 0.05) is 48.7 Å². The van der Waals surface area contributed by atoms with Gasteiger partial charge in [-0.3, -0.25) is 9.59 Å². The molecule has 1 saturated heterocycles. The predicted octanol–water partition coefficient (Wildman–Crippen LogP) is 5.47. The van der Waals surface area contributed by atoms with Crippen LogP contribution in [0.15, 0.2) is 75.9 Å². The van der Waals surface area contributed by atoms with Gasteiger partial charge in [-0.15, -0.1) is 0 Å². The zero-order chi connectivity index (χ0) is 25.2. The highest BCUT2D eigenvalue weighted by atomic mass is 16.3. The molecule has 6 nitrogen and oxygen atoms in total. The van der Waals surface area contributed by atoms with Crippen LogP contribution in [0.25, 0.3) is 22.3 Å². The Balaban J connectivity index is 1.44. The number of hydrogen-bond acceptors (Lipinski definition) is 5. The molecule has 0 spiro atoms. The molecule has 0 unspecified atom stereocenters. The molecule has 1 aromatic heterocycles. The lowest BCUT2D eigenvalue weighted by Crippen LogP contribution is -2.46. The molecular formula is C30H31N3O3. The number of benzene rings is 3. The van der Waals surface area contributed by atoms with Crippen LogP contribution in [-0.2, 0) is 0 Å². The van der Waals surface area contributed by atoms with Crippen molar-refractivity contribution in [2.75, 3.05) is 42.9 Å². The van der Waals surface area contributed by atoms with Gasteiger partial charge in [0.2, 0.25) is 0 Å². The van der Waals surface area contributed by atoms with Gasteiger partial charge >= 0.3 is 0 Å². The summed E-state index contributed by atoms with van der Waals surface area (Å²) < 4.78 is 6.22. The van der Waals surface area contributed by atoms with Crippen molar-refractivity contribution >= 4 is 28.3 Å². The molecule has 5 rings (SSSR count). The van der Waals surface area contributed by atoms with Crippen LogP contribution in [0.5, 0.6) is 0 Å². The second-order valence-electron chi connectivity index (χ2n) is 9.31. The summed E-state index contributed by atoms with van der Waals surface area (Å²) in [6.07, 6.45) is 0. The number of carbonyl (C=O) groups excluding carboxylic acids is 1. The smallest absolute Gasteiger partial charge is 0.259 e. The lowest BCUT2D eigenvalue weighted by molar-refractivity contribution is 0.102. The molecule has 184 valence electrons. The number of fused-ring (bicyclic) bond motifs is 1. The van der Waals surface area contributed by atoms with Crippen LogP contribution in [-0.4, -0.2) is 43.5 Å². The molecule has 1 aliphatic heterocycles. The van der Waals surface area contributed by atoms with Crippen molar-refractivity contribution in [1.29, 1.82) is 0 Å². The topological polar surface area (TPSA) is 65.8 Å². The van der Waals surface area contributed by atoms with Crippen LogP contribution in [0.2, 0.25) is 0 Å². The lowest BCUT2D eigenvalue weighted by Gasteiger charge is -2.35. The summed E-state index contributed by atoms with van der Waals surface area (Å²) in [5.41, 5.74) is 4.72. The van der Waals surface area contributed by atoms with Crippen molar-refractivity contribution in [2.24, 2.45) is 0 Å². The molecule has 1 aliphatic rings. The number of nitrogens with zero attached hydrogens (tertiary/aromatic N) is 2. The second kappa shape index (κ2) is 9.99. The monoisotopic (exact) mass is 481 g/mol. The van der Waals surface area contributed by atoms with Gasteiger partial charge in [0.25, 0.3) is 5.91 Å². The number of aryl methyl sites for hydroxylation is 1. The minimum Gasteiger partial charge on any atom is -0.455 e. The highest BCUT2D eigenvalue weighted by molar-refractivity contribution is 6.11. The minimum atomic E-state index is -0.306. The van der Waals surface area contributed by atoms with Gasteiger partial charge in [0.05, 0.1) is 10.9 Å². The molecular weight excluding hydrogens is 450 g/mol. The average molecular weight is 482 g/mol. The first-order valence-electron chi connectivity index (χ1n) is 12.5. The summed E-state index contributed by atoms with van der Waals surface area (Å²) in [5.74, 6) is 0.177. The molecule has 0 bridgehead atoms. The molecule has 4 aromatic rings. The number of hydrogen-bond donors (Lipinski definition) is 1. The first kappa shape index (κ1) is 23.8. The molecule has 3 aromatic carbocycles. The van der Waals surface area contributed by atoms with E-state index in [9.17, 15) is 9.59 Å². The van der Waals surface area contributed by atoms with Crippen molar-refractivity contribution in [2.45, 2.75) is 20.8 Å². The van der Waals surface area contributed by atoms with Gasteiger partial charge in [-0.1, -0.05) is 43.3 Å². The summed E-state index contributed by atoms with van der Waals surface area (Å²) in [4.78, 5) is 31.4. The third-order valence-electron chi connectivity index (χ3n) is 7.07. The van der Waals surface area contributed by atoms with Crippen molar-refractivity contribution < 1.29 is 9.21 Å². The van der Waals surface area contributed by atoms with Gasteiger partial charge in [0.15, 0.2) is 11.0 Å². The fourth-order valence-electron chi connectivity index (χ4n) is 4.85. The Morgan fingerprint density at radius 3 is 2.39 bits per heavy atom. The van der Waals surface area contributed by atoms with Gasteiger partial charge in [-0.25, -0.2) is 0 Å². The van der Waals surface area contributed by atoms with Crippen LogP contribution < -0.4 is 15.6 Å². The number of rotatable bonds is 5. The van der Waals surface area contributed by atoms with Crippen molar-refractivity contribution in [3.63, 3.8) is 0 Å². The highest BCUT2D eigenvalue weighted by Gasteiger charge is 2.20. The third-order valence-corrected chi connectivity index (χ3v) is 7.07. The standard InChI is InChI=1S/C30H31N3O3/c1-4-32-15-17-33(18-16-32)23-13-14-26(20(2)19-23)31-30(35)25-12-8-11-24-27(34)21(3)28(36-29(24)25)22-9-6-5-7-10-22/h5-14,19H,4,15-18H2,1-3H3,(H,31,35). The highest BCUT2D eigenvalue weighted by Crippen LogP contribution is 2.29. The number of para-hydroxylation sites is 1. The number of likely N-dealkylation sites (N-methyl/N-ethyl adjacent to an activating group) is 1. The van der Waals surface area contributed by atoms with E-state index in [4.69, 9.17) is 4.42 Å². The van der Waals surface area contributed by atoms with E-state index in [1.54, 1.807) is 25.1 Å². The maximum absolute atomic E-state index is 13.4. The molecule has 6 heteroatoms. The first-order valence-corrected chi connectivity index (χ1v) is 12.5. The Kier molecular flexibility index (Phi) is 6.61. The van der Waals surface area contributed by atoms with E-state index in [2.05, 4.69) is 34.2 Å². The van der Waals surface area contributed by atoms with Crippen LogP contribution in [0.1, 0.15) is 28.4 Å². The molecule has 1 amide bonds. The maximum atomic E-state index is 13.4. The number of nitrogens with one attached hydrogen (secondary N) is 1. The van der Waals surface area contributed by atoms with E-state index in [1.165, 1.54) is 5.69 Å². The third kappa shape index (κ3) is 4.52. The van der Waals surface area contributed by atoms with Gasteiger partial charge in [0.1, 0.15) is 5.76 Å². The zero-order valence-corrected chi connectivity index (χ0v) is 21.0. The number of amides is 1. The summed E-state index contributed by atoms with van der Waals surface area (Å²) in [7, 11) is 0. The van der Waals surface area contributed by atoms with Crippen LogP contribution in [0.4, 0.5) is 11.4 Å². The molecule has 0 saturated carbocycles. The van der Waals surface area contributed by atoms with Gasteiger partial charge < -0.3 is 19.5 Å². The Labute approximate surface area is 211 Å². The Morgan fingerprint density at radius 1 is 0.944 bits per heavy atom. The summed E-state index contributed by atoms with van der Waals surface area (Å²) in [5, 5.41) is 3.43. The van der Waals surface area contributed by atoms with Crippen LogP contribution in [0.3, 0.4) is 0 Å². The fourth-order valence-corrected chi connectivity index (χ4v) is 4.85. The number of carbonyl (C=O) groups is 1. The molecule has 0 radical (unpaired) electrons. The van der Waals surface area contributed by atoms with Crippen LogP contribution in [0, 0.1) is 13.8 Å². The summed E-state index contributed by atoms with van der Waals surface area (Å²) >= 11 is 0. The Morgan fingerprint density at radius 2 is 1.69 bits per heavy atom. The average Bonchev–Trinajstić information content (AvgIpc) is 2.92. The van der Waals surface area contributed by atoms with Crippen molar-refractivity contribution in [3.8, 4) is 11.3 Å². The van der Waals surface area contributed by atoms with Gasteiger partial charge in [-0.05, 0) is 56.3 Å². The van der Waals surface area contributed by atoms with Gasteiger partial charge in [-0.2, -0.15) is 0 Å². The zero-order valence-electron chi connectivity index (χ0n) is 21.0. The molecule has 36 heavy (non-hydrogen) atoms. The maximum Gasteiger partial charge on any atom is 0.259 e. The summed E-state index contributed by atoms with van der Waals surface area (Å²) in [6.45, 7) is 11.2. The normalized spacial score (nSPS) is 14.2. The fraction of sp³-hybridized carbons (Fsp3) is 0.267. The van der Waals surface area contributed by atoms with Crippen molar-refractivity contribution in [1.82, 2.24) is 4.90 Å². The molecule has 1 fully saturated rings. The predicted molar refractivity (Wildman–Crippen MR) is 146 cm³/mol. The van der Waals surface area contributed by atoms with E-state index >= 15 is 0 Å². The Hall–Kier alpha value is -3.90.